The van der Waals surface area contributed by atoms with Gasteiger partial charge in [0.1, 0.15) is 0 Å². The number of rotatable bonds is 4. The maximum absolute atomic E-state index is 12.1. The molecule has 1 aromatic heterocycles. The number of aliphatic carboxylic acids is 1. The minimum Gasteiger partial charge on any atom is -0.481 e. The van der Waals surface area contributed by atoms with E-state index in [0.717, 1.165) is 0 Å². The number of carbonyl (C=O) groups is 1. The summed E-state index contributed by atoms with van der Waals surface area (Å²) in [6.45, 7) is 1.53. The quantitative estimate of drug-likeness (QED) is 0.858. The average Bonchev–Trinajstić information content (AvgIpc) is 2.49. The third kappa shape index (κ3) is 3.65. The zero-order valence-electron chi connectivity index (χ0n) is 8.08. The molecule has 16 heavy (non-hydrogen) atoms. The SMILES string of the molecule is CC(CC(=O)O)Nc1nnc(C(F)(F)F)s1. The number of halogens is 3. The third-order valence-electron chi connectivity index (χ3n) is 1.52. The Balaban J connectivity index is 2.62. The van der Waals surface area contributed by atoms with E-state index in [-0.39, 0.29) is 11.6 Å². The fourth-order valence-corrected chi connectivity index (χ4v) is 1.64. The molecular weight excluding hydrogens is 247 g/mol. The molecule has 0 spiro atoms. The normalized spacial score (nSPS) is 13.5. The second-order valence-corrected chi connectivity index (χ2v) is 4.03. The number of anilines is 1. The zero-order chi connectivity index (χ0) is 12.3. The Morgan fingerprint density at radius 1 is 1.56 bits per heavy atom. The van der Waals surface area contributed by atoms with Crippen molar-refractivity contribution in [3.8, 4) is 0 Å². The van der Waals surface area contributed by atoms with Crippen molar-refractivity contribution >= 4 is 22.4 Å². The van der Waals surface area contributed by atoms with E-state index >= 15 is 0 Å². The van der Waals surface area contributed by atoms with Crippen molar-refractivity contribution in [1.82, 2.24) is 10.2 Å². The van der Waals surface area contributed by atoms with Gasteiger partial charge >= 0.3 is 12.1 Å². The van der Waals surface area contributed by atoms with Gasteiger partial charge in [-0.3, -0.25) is 4.79 Å². The molecule has 0 fully saturated rings. The molecule has 2 N–H and O–H groups in total. The summed E-state index contributed by atoms with van der Waals surface area (Å²) in [5, 5.41) is 16.1. The summed E-state index contributed by atoms with van der Waals surface area (Å²) in [7, 11) is 0. The van der Waals surface area contributed by atoms with Gasteiger partial charge in [0.25, 0.3) is 0 Å². The van der Waals surface area contributed by atoms with E-state index in [4.69, 9.17) is 5.11 Å². The highest BCUT2D eigenvalue weighted by molar-refractivity contribution is 7.15. The minimum atomic E-state index is -4.52. The fourth-order valence-electron chi connectivity index (χ4n) is 0.920. The molecule has 0 aliphatic carbocycles. The van der Waals surface area contributed by atoms with Crippen molar-refractivity contribution in [2.45, 2.75) is 25.6 Å². The highest BCUT2D eigenvalue weighted by atomic mass is 32.1. The van der Waals surface area contributed by atoms with Crippen LogP contribution in [0.2, 0.25) is 0 Å². The average molecular weight is 255 g/mol. The van der Waals surface area contributed by atoms with Gasteiger partial charge in [-0.25, -0.2) is 0 Å². The Hall–Kier alpha value is -1.38. The van der Waals surface area contributed by atoms with E-state index < -0.39 is 23.2 Å². The van der Waals surface area contributed by atoms with Crippen LogP contribution < -0.4 is 5.32 Å². The van der Waals surface area contributed by atoms with Gasteiger partial charge in [-0.15, -0.1) is 10.2 Å². The minimum absolute atomic E-state index is 0.0407. The predicted octanol–water partition coefficient (Wildman–Crippen LogP) is 1.83. The topological polar surface area (TPSA) is 75.1 Å². The first kappa shape index (κ1) is 12.7. The highest BCUT2D eigenvalue weighted by Gasteiger charge is 2.35. The van der Waals surface area contributed by atoms with Crippen LogP contribution >= 0.6 is 11.3 Å². The molecular formula is C7H8F3N3O2S. The van der Waals surface area contributed by atoms with Crippen LogP contribution in [0.15, 0.2) is 0 Å². The number of hydrogen-bond acceptors (Lipinski definition) is 5. The summed E-state index contributed by atoms with van der Waals surface area (Å²) in [6.07, 6.45) is -4.73. The van der Waals surface area contributed by atoms with Crippen LogP contribution in [0, 0.1) is 0 Å². The van der Waals surface area contributed by atoms with Crippen molar-refractivity contribution in [3.63, 3.8) is 0 Å². The van der Waals surface area contributed by atoms with E-state index in [9.17, 15) is 18.0 Å². The molecule has 0 amide bonds. The summed E-state index contributed by atoms with van der Waals surface area (Å²) in [4.78, 5) is 10.3. The van der Waals surface area contributed by atoms with Crippen LogP contribution in [-0.4, -0.2) is 27.3 Å². The zero-order valence-corrected chi connectivity index (χ0v) is 8.89. The summed E-state index contributed by atoms with van der Waals surface area (Å²) in [5.74, 6) is -1.04. The lowest BCUT2D eigenvalue weighted by Gasteiger charge is -2.08. The number of nitrogens with one attached hydrogen (secondary N) is 1. The molecule has 1 unspecified atom stereocenters. The van der Waals surface area contributed by atoms with Gasteiger partial charge in [-0.2, -0.15) is 13.2 Å². The van der Waals surface area contributed by atoms with Crippen molar-refractivity contribution < 1.29 is 23.1 Å². The lowest BCUT2D eigenvalue weighted by molar-refractivity contribution is -0.138. The van der Waals surface area contributed by atoms with Crippen molar-refractivity contribution in [3.05, 3.63) is 5.01 Å². The summed E-state index contributed by atoms with van der Waals surface area (Å²) in [5.41, 5.74) is 0. The molecule has 0 saturated heterocycles. The molecule has 1 rings (SSSR count). The molecule has 1 heterocycles. The van der Waals surface area contributed by atoms with Gasteiger partial charge in [0, 0.05) is 6.04 Å². The Morgan fingerprint density at radius 3 is 2.62 bits per heavy atom. The summed E-state index contributed by atoms with van der Waals surface area (Å²) < 4.78 is 36.4. The first-order chi connectivity index (χ1) is 7.29. The molecule has 0 radical (unpaired) electrons. The second kappa shape index (κ2) is 4.64. The number of carboxylic acids is 1. The van der Waals surface area contributed by atoms with Gasteiger partial charge in [0.2, 0.25) is 10.1 Å². The second-order valence-electron chi connectivity index (χ2n) is 3.05. The van der Waals surface area contributed by atoms with Gasteiger partial charge < -0.3 is 10.4 Å². The molecule has 0 aromatic carbocycles. The van der Waals surface area contributed by atoms with E-state index in [1.54, 1.807) is 0 Å². The van der Waals surface area contributed by atoms with Gasteiger partial charge in [0.05, 0.1) is 6.42 Å². The maximum Gasteiger partial charge on any atom is 0.445 e. The van der Waals surface area contributed by atoms with Gasteiger partial charge in [0.15, 0.2) is 0 Å². The molecule has 0 bridgehead atoms. The predicted molar refractivity (Wildman–Crippen MR) is 50.2 cm³/mol. The largest absolute Gasteiger partial charge is 0.481 e. The maximum atomic E-state index is 12.1. The first-order valence-electron chi connectivity index (χ1n) is 4.18. The van der Waals surface area contributed by atoms with E-state index in [2.05, 4.69) is 15.5 Å². The van der Waals surface area contributed by atoms with Crippen LogP contribution in [0.25, 0.3) is 0 Å². The standard InChI is InChI=1S/C7H8F3N3O2S/c1-3(2-4(14)15)11-6-13-12-5(16-6)7(8,9)10/h3H,2H2,1H3,(H,11,13)(H,14,15). The molecule has 0 aliphatic rings. The smallest absolute Gasteiger partial charge is 0.445 e. The molecule has 9 heteroatoms. The Kier molecular flexibility index (Phi) is 3.68. The molecule has 1 atom stereocenters. The van der Waals surface area contributed by atoms with E-state index in [0.29, 0.717) is 11.3 Å². The molecule has 90 valence electrons. The Labute approximate surface area is 92.3 Å². The lowest BCUT2D eigenvalue weighted by atomic mass is 10.2. The Bertz CT molecular complexity index is 379. The molecule has 0 saturated carbocycles. The number of alkyl halides is 3. The lowest BCUT2D eigenvalue weighted by Crippen LogP contribution is -2.19. The van der Waals surface area contributed by atoms with Gasteiger partial charge in [-0.1, -0.05) is 11.3 Å². The molecule has 1 aromatic rings. The van der Waals surface area contributed by atoms with Crippen molar-refractivity contribution in [1.29, 1.82) is 0 Å². The van der Waals surface area contributed by atoms with Crippen molar-refractivity contribution in [2.75, 3.05) is 5.32 Å². The monoisotopic (exact) mass is 255 g/mol. The third-order valence-corrected chi connectivity index (χ3v) is 2.42. The van der Waals surface area contributed by atoms with Crippen LogP contribution in [0.1, 0.15) is 18.4 Å². The van der Waals surface area contributed by atoms with Crippen LogP contribution in [-0.2, 0) is 11.0 Å². The van der Waals surface area contributed by atoms with Crippen LogP contribution in [0.3, 0.4) is 0 Å². The number of nitrogens with zero attached hydrogens (tertiary/aromatic N) is 2. The highest BCUT2D eigenvalue weighted by Crippen LogP contribution is 2.33. The van der Waals surface area contributed by atoms with E-state index in [1.807, 2.05) is 0 Å². The summed E-state index contributed by atoms with van der Waals surface area (Å²) >= 11 is 0.344. The molecule has 0 aliphatic heterocycles. The van der Waals surface area contributed by atoms with Crippen molar-refractivity contribution in [2.24, 2.45) is 0 Å². The number of carboxylic acid groups (broad SMARTS) is 1. The van der Waals surface area contributed by atoms with Crippen LogP contribution in [0.5, 0.6) is 0 Å². The number of hydrogen-bond donors (Lipinski definition) is 2. The first-order valence-corrected chi connectivity index (χ1v) is 4.99. The Morgan fingerprint density at radius 2 is 2.19 bits per heavy atom. The molecule has 5 nitrogen and oxygen atoms in total. The van der Waals surface area contributed by atoms with E-state index in [1.165, 1.54) is 6.92 Å². The van der Waals surface area contributed by atoms with Crippen LogP contribution in [0.4, 0.5) is 18.3 Å². The summed E-state index contributed by atoms with van der Waals surface area (Å²) in [6, 6.07) is -0.508. The fraction of sp³-hybridized carbons (Fsp3) is 0.571. The number of aromatic nitrogens is 2. The van der Waals surface area contributed by atoms with Gasteiger partial charge in [-0.05, 0) is 6.92 Å².